The van der Waals surface area contributed by atoms with Crippen molar-refractivity contribution in [3.05, 3.63) is 135 Å². The van der Waals surface area contributed by atoms with Crippen LogP contribution in [0, 0.1) is 5.41 Å². The number of methoxy groups -OCH3 is 1. The van der Waals surface area contributed by atoms with Crippen LogP contribution < -0.4 is 16.0 Å². The molecule has 1 aromatic heterocycles. The van der Waals surface area contributed by atoms with E-state index in [1.807, 2.05) is 105 Å². The fourth-order valence-corrected chi connectivity index (χ4v) is 10.5. The Bertz CT molecular complexity index is 2050. The van der Waals surface area contributed by atoms with Crippen molar-refractivity contribution in [3.63, 3.8) is 0 Å². The van der Waals surface area contributed by atoms with Gasteiger partial charge in [0.25, 0.3) is 5.56 Å². The van der Waals surface area contributed by atoms with Gasteiger partial charge in [-0.15, -0.1) is 0 Å². The van der Waals surface area contributed by atoms with Crippen LogP contribution in [-0.4, -0.2) is 64.2 Å². The molecule has 5 atom stereocenters. The second-order valence-electron chi connectivity index (χ2n) is 18.0. The van der Waals surface area contributed by atoms with Crippen molar-refractivity contribution in [3.8, 4) is 5.75 Å². The number of aromatic nitrogens is 2. The highest BCUT2D eigenvalue weighted by Crippen LogP contribution is 2.51. The molecule has 0 amide bonds. The summed E-state index contributed by atoms with van der Waals surface area (Å²) >= 11 is 0. The van der Waals surface area contributed by atoms with E-state index < -0.39 is 78.0 Å². The van der Waals surface area contributed by atoms with Gasteiger partial charge in [-0.2, -0.15) is 0 Å². The van der Waals surface area contributed by atoms with Crippen LogP contribution in [0.4, 0.5) is 0 Å². The first kappa shape index (κ1) is 45.4. The molecule has 314 valence electrons. The van der Waals surface area contributed by atoms with Gasteiger partial charge in [-0.25, -0.2) is 4.79 Å². The molecule has 1 aliphatic rings. The fourth-order valence-electron chi connectivity index (χ4n) is 6.18. The Labute approximate surface area is 345 Å². The lowest BCUT2D eigenvalue weighted by molar-refractivity contribution is -0.144. The number of nitrogens with one attached hydrogen (secondary N) is 1. The number of benzene rings is 3. The molecule has 58 heavy (non-hydrogen) atoms. The van der Waals surface area contributed by atoms with E-state index in [2.05, 4.69) is 38.8 Å². The Balaban J connectivity index is 1.71. The zero-order chi connectivity index (χ0) is 42.7. The van der Waals surface area contributed by atoms with Crippen molar-refractivity contribution in [1.29, 1.82) is 0 Å². The van der Waals surface area contributed by atoms with Gasteiger partial charge in [0.05, 0.1) is 19.1 Å². The first-order valence-electron chi connectivity index (χ1n) is 19.5. The number of carbonyl (C=O) groups excluding carboxylic acids is 1. The molecule has 12 nitrogen and oxygen atoms in total. The van der Waals surface area contributed by atoms with E-state index in [1.54, 1.807) is 27.9 Å². The summed E-state index contributed by atoms with van der Waals surface area (Å²) in [4.78, 5) is 41.7. The molecule has 1 saturated heterocycles. The van der Waals surface area contributed by atoms with Crippen LogP contribution in [0.3, 0.4) is 0 Å². The minimum absolute atomic E-state index is 0.0875. The zero-order valence-corrected chi connectivity index (χ0v) is 38.6. The normalized spacial score (nSPS) is 19.8. The standard InChI is InChI=1S/C43H59N2O10PSi2/c1-41(2,3)39(47)53-56(55-57(8,9)10)52-36-34(51-38(45-28-27-35(46)44-40(45)48)37(36)54-58(11,12)42(4,5)6)29-50-43(30-19-15-13-16-20-30,31-21-17-14-18-22-31)32-23-25-33(49-7)26-24-32/h13-28,34,36-38H,29H2,1-12H3,(H,44,46,48)/t34-,36-,37-,38-,56?/m1/s1. The highest BCUT2D eigenvalue weighted by molar-refractivity contribution is 7.44. The van der Waals surface area contributed by atoms with E-state index in [0.29, 0.717) is 5.75 Å². The second kappa shape index (κ2) is 17.9. The third-order valence-corrected chi connectivity index (χ3v) is 18.3. The second-order valence-corrected chi connectivity index (χ2v) is 28.6. The molecule has 0 spiro atoms. The summed E-state index contributed by atoms with van der Waals surface area (Å²) in [5.41, 5.74) is -0.725. The molecule has 1 unspecified atom stereocenters. The molecule has 2 heterocycles. The van der Waals surface area contributed by atoms with E-state index in [0.717, 1.165) is 16.7 Å². The van der Waals surface area contributed by atoms with Crippen molar-refractivity contribution < 1.29 is 36.7 Å². The van der Waals surface area contributed by atoms with Gasteiger partial charge < -0.3 is 27.4 Å². The lowest BCUT2D eigenvalue weighted by atomic mass is 9.80. The molecule has 1 fully saturated rings. The van der Waals surface area contributed by atoms with Crippen LogP contribution in [0.25, 0.3) is 0 Å². The lowest BCUT2D eigenvalue weighted by Gasteiger charge is -2.41. The minimum Gasteiger partial charge on any atom is -0.497 e. The first-order chi connectivity index (χ1) is 27.1. The maximum absolute atomic E-state index is 13.6. The van der Waals surface area contributed by atoms with Crippen LogP contribution in [0.1, 0.15) is 64.5 Å². The third kappa shape index (κ3) is 10.5. The van der Waals surface area contributed by atoms with Crippen molar-refractivity contribution in [1.82, 2.24) is 9.55 Å². The summed E-state index contributed by atoms with van der Waals surface area (Å²) in [7, 11) is -5.76. The van der Waals surface area contributed by atoms with Crippen LogP contribution >= 0.6 is 8.60 Å². The van der Waals surface area contributed by atoms with Crippen LogP contribution in [0.5, 0.6) is 5.75 Å². The summed E-state index contributed by atoms with van der Waals surface area (Å²) < 4.78 is 47.6. The summed E-state index contributed by atoms with van der Waals surface area (Å²) in [5.74, 6) is 0.192. The Hall–Kier alpha value is -3.73. The van der Waals surface area contributed by atoms with Crippen molar-refractivity contribution in [2.75, 3.05) is 13.7 Å². The summed E-state index contributed by atoms with van der Waals surface area (Å²) in [6, 6.07) is 28.8. The van der Waals surface area contributed by atoms with Crippen molar-refractivity contribution in [2.24, 2.45) is 5.41 Å². The Morgan fingerprint density at radius 3 is 1.83 bits per heavy atom. The number of nitrogens with zero attached hydrogens (tertiary/aromatic N) is 1. The van der Waals surface area contributed by atoms with E-state index in [1.165, 1.54) is 16.8 Å². The fraction of sp³-hybridized carbons (Fsp3) is 0.465. The van der Waals surface area contributed by atoms with Crippen molar-refractivity contribution in [2.45, 2.75) is 109 Å². The van der Waals surface area contributed by atoms with E-state index in [-0.39, 0.29) is 11.6 Å². The maximum atomic E-state index is 13.6. The SMILES string of the molecule is COc1ccc(C(OC[C@H]2O[C@@H](n3ccc(=O)[nH]c3=O)[C@H](O[Si](C)(C)C(C)(C)C)[C@@H]2OP(OC(=O)C(C)(C)C)O[Si](C)(C)C)(c2ccccc2)c2ccccc2)cc1. The van der Waals surface area contributed by atoms with Crippen LogP contribution in [0.15, 0.2) is 107 Å². The number of hydrogen-bond donors (Lipinski definition) is 1. The van der Waals surface area contributed by atoms with Gasteiger partial charge in [-0.1, -0.05) is 93.6 Å². The highest BCUT2D eigenvalue weighted by atomic mass is 31.2. The predicted molar refractivity (Wildman–Crippen MR) is 231 cm³/mol. The summed E-state index contributed by atoms with van der Waals surface area (Å²) in [6.07, 6.45) is -2.54. The number of carbonyl (C=O) groups is 1. The molecule has 1 N–H and O–H groups in total. The summed E-state index contributed by atoms with van der Waals surface area (Å²) in [6.45, 7) is 21.7. The average Bonchev–Trinajstić information content (AvgIpc) is 3.46. The van der Waals surface area contributed by atoms with Gasteiger partial charge in [0, 0.05) is 12.3 Å². The molecule has 1 aliphatic heterocycles. The Morgan fingerprint density at radius 2 is 1.34 bits per heavy atom. The molecule has 0 aliphatic carbocycles. The topological polar surface area (TPSA) is 137 Å². The minimum atomic E-state index is -2.66. The molecule has 3 aromatic carbocycles. The van der Waals surface area contributed by atoms with E-state index in [4.69, 9.17) is 31.9 Å². The summed E-state index contributed by atoms with van der Waals surface area (Å²) in [5, 5.41) is -0.269. The van der Waals surface area contributed by atoms with E-state index in [9.17, 15) is 14.4 Å². The van der Waals surface area contributed by atoms with Gasteiger partial charge >= 0.3 is 20.3 Å². The van der Waals surface area contributed by atoms with Crippen LogP contribution in [-0.2, 0) is 37.6 Å². The quantitative estimate of drug-likeness (QED) is 0.0702. The highest BCUT2D eigenvalue weighted by Gasteiger charge is 2.54. The molecule has 0 bridgehead atoms. The number of H-pyrrole nitrogens is 1. The number of hydrogen-bond acceptors (Lipinski definition) is 10. The number of aromatic amines is 1. The molecule has 0 radical (unpaired) electrons. The first-order valence-corrected chi connectivity index (χ1v) is 26.9. The number of ether oxygens (including phenoxy) is 3. The Morgan fingerprint density at radius 1 is 0.793 bits per heavy atom. The van der Waals surface area contributed by atoms with Gasteiger partial charge in [-0.3, -0.25) is 23.7 Å². The lowest BCUT2D eigenvalue weighted by Crippen LogP contribution is -2.50. The van der Waals surface area contributed by atoms with Gasteiger partial charge in [0.1, 0.15) is 29.7 Å². The van der Waals surface area contributed by atoms with Gasteiger partial charge in [0.15, 0.2) is 22.9 Å². The Kier molecular flexibility index (Phi) is 14.0. The molecular weight excluding hydrogens is 792 g/mol. The largest absolute Gasteiger partial charge is 0.497 e. The van der Waals surface area contributed by atoms with E-state index >= 15 is 0 Å². The monoisotopic (exact) mass is 850 g/mol. The third-order valence-electron chi connectivity index (χ3n) is 10.3. The average molecular weight is 851 g/mol. The molecule has 4 aromatic rings. The zero-order valence-electron chi connectivity index (χ0n) is 35.7. The molecule has 0 saturated carbocycles. The molecular formula is C43H59N2O10PSi2. The number of rotatable bonds is 15. The maximum Gasteiger partial charge on any atom is 0.389 e. The molecule has 15 heteroatoms. The van der Waals surface area contributed by atoms with Crippen LogP contribution in [0.2, 0.25) is 37.8 Å². The van der Waals surface area contributed by atoms with Gasteiger partial charge in [0.2, 0.25) is 0 Å². The molecule has 5 rings (SSSR count). The van der Waals surface area contributed by atoms with Gasteiger partial charge in [-0.05, 0) is 87.4 Å². The smallest absolute Gasteiger partial charge is 0.389 e. The predicted octanol–water partition coefficient (Wildman–Crippen LogP) is 8.89. The van der Waals surface area contributed by atoms with Crippen molar-refractivity contribution >= 4 is 31.2 Å².